The van der Waals surface area contributed by atoms with Crippen molar-refractivity contribution in [3.8, 4) is 0 Å². The lowest BCUT2D eigenvalue weighted by Gasteiger charge is -2.36. The van der Waals surface area contributed by atoms with Crippen LogP contribution in [0.3, 0.4) is 0 Å². The van der Waals surface area contributed by atoms with E-state index in [-0.39, 0.29) is 5.91 Å². The summed E-state index contributed by atoms with van der Waals surface area (Å²) in [6, 6.07) is 3.44. The summed E-state index contributed by atoms with van der Waals surface area (Å²) in [4.78, 5) is 20.6. The van der Waals surface area contributed by atoms with Crippen molar-refractivity contribution in [1.82, 2.24) is 15.1 Å². The van der Waals surface area contributed by atoms with E-state index in [0.29, 0.717) is 18.8 Å². The molecule has 1 fully saturated rings. The molecular formula is C16H24N4O2S. The number of nitrogens with zero attached hydrogens (tertiary/aromatic N) is 3. The summed E-state index contributed by atoms with van der Waals surface area (Å²) in [5, 5.41) is 3.37. The number of amides is 1. The Morgan fingerprint density at radius 3 is 2.78 bits per heavy atom. The molecule has 1 aromatic heterocycles. The van der Waals surface area contributed by atoms with Gasteiger partial charge >= 0.3 is 0 Å². The molecule has 1 N–H and O–H groups in total. The summed E-state index contributed by atoms with van der Waals surface area (Å²) in [5.41, 5.74) is 0. The molecule has 2 heterocycles. The Morgan fingerprint density at radius 1 is 1.43 bits per heavy atom. The van der Waals surface area contributed by atoms with E-state index in [4.69, 9.17) is 4.42 Å². The number of hydrogen-bond acceptors (Lipinski definition) is 4. The Kier molecular flexibility index (Phi) is 7.06. The summed E-state index contributed by atoms with van der Waals surface area (Å²) in [7, 11) is 1.79. The lowest BCUT2D eigenvalue weighted by atomic mass is 10.3. The molecule has 1 aromatic rings. The number of carbonyl (C=O) groups is 1. The minimum Gasteiger partial charge on any atom is -0.459 e. The number of furan rings is 1. The van der Waals surface area contributed by atoms with E-state index in [1.165, 1.54) is 6.26 Å². The second kappa shape index (κ2) is 9.29. The van der Waals surface area contributed by atoms with Gasteiger partial charge in [-0.15, -0.1) is 6.58 Å². The van der Waals surface area contributed by atoms with Gasteiger partial charge in [0, 0.05) is 51.3 Å². The molecule has 23 heavy (non-hydrogen) atoms. The van der Waals surface area contributed by atoms with Crippen molar-refractivity contribution in [2.45, 2.75) is 0 Å². The van der Waals surface area contributed by atoms with Crippen LogP contribution in [-0.4, -0.2) is 72.9 Å². The van der Waals surface area contributed by atoms with E-state index in [1.807, 2.05) is 22.7 Å². The molecule has 2 rings (SSSR count). The zero-order valence-corrected chi connectivity index (χ0v) is 14.3. The van der Waals surface area contributed by atoms with Gasteiger partial charge in [0.05, 0.1) is 6.26 Å². The molecule has 0 aromatic carbocycles. The van der Waals surface area contributed by atoms with E-state index < -0.39 is 0 Å². The van der Waals surface area contributed by atoms with Crippen LogP contribution in [0.2, 0.25) is 0 Å². The number of carbonyl (C=O) groups excluding carboxylic acids is 1. The summed E-state index contributed by atoms with van der Waals surface area (Å²) < 4.78 is 5.18. The Morgan fingerprint density at radius 2 is 2.17 bits per heavy atom. The normalized spacial score (nSPS) is 15.6. The molecule has 0 spiro atoms. The van der Waals surface area contributed by atoms with Gasteiger partial charge in [-0.25, -0.2) is 0 Å². The molecule has 1 aliphatic rings. The highest BCUT2D eigenvalue weighted by Gasteiger charge is 2.24. The van der Waals surface area contributed by atoms with E-state index >= 15 is 0 Å². The van der Waals surface area contributed by atoms with Crippen LogP contribution in [0.1, 0.15) is 10.6 Å². The fourth-order valence-electron chi connectivity index (χ4n) is 2.41. The Labute approximate surface area is 141 Å². The van der Waals surface area contributed by atoms with Gasteiger partial charge in [-0.1, -0.05) is 6.08 Å². The number of thioether (sulfide) groups is 1. The van der Waals surface area contributed by atoms with Crippen LogP contribution in [0.25, 0.3) is 0 Å². The van der Waals surface area contributed by atoms with Crippen LogP contribution < -0.4 is 5.32 Å². The summed E-state index contributed by atoms with van der Waals surface area (Å²) >= 11 is 1.84. The first-order valence-corrected chi connectivity index (χ1v) is 8.88. The van der Waals surface area contributed by atoms with Crippen LogP contribution >= 0.6 is 11.8 Å². The number of hydrogen-bond donors (Lipinski definition) is 1. The van der Waals surface area contributed by atoms with Crippen molar-refractivity contribution < 1.29 is 9.21 Å². The third-order valence-corrected chi connectivity index (χ3v) is 4.54. The maximum atomic E-state index is 12.2. The van der Waals surface area contributed by atoms with Crippen LogP contribution in [0.15, 0.2) is 40.5 Å². The van der Waals surface area contributed by atoms with E-state index in [1.54, 1.807) is 19.2 Å². The first kappa shape index (κ1) is 17.5. The number of guanidine groups is 1. The molecule has 0 unspecified atom stereocenters. The molecule has 126 valence electrons. The number of nitrogens with one attached hydrogen (secondary N) is 1. The SMILES string of the molecule is C=CCSCCNC(=NC)N1CCN(C(=O)c2ccco2)CC1. The highest BCUT2D eigenvalue weighted by Crippen LogP contribution is 2.09. The van der Waals surface area contributed by atoms with Crippen LogP contribution in [0.5, 0.6) is 0 Å². The smallest absolute Gasteiger partial charge is 0.289 e. The first-order chi connectivity index (χ1) is 11.3. The number of rotatable bonds is 6. The third-order valence-electron chi connectivity index (χ3n) is 3.58. The molecule has 1 aliphatic heterocycles. The van der Waals surface area contributed by atoms with E-state index in [9.17, 15) is 4.79 Å². The number of aliphatic imine (C=N–C) groups is 1. The lowest BCUT2D eigenvalue weighted by molar-refractivity contribution is 0.0658. The molecule has 0 atom stereocenters. The van der Waals surface area contributed by atoms with Crippen molar-refractivity contribution in [1.29, 1.82) is 0 Å². The van der Waals surface area contributed by atoms with Crippen molar-refractivity contribution in [2.24, 2.45) is 4.99 Å². The minimum atomic E-state index is -0.0431. The lowest BCUT2D eigenvalue weighted by Crippen LogP contribution is -2.54. The molecule has 7 heteroatoms. The van der Waals surface area contributed by atoms with E-state index in [2.05, 4.69) is 21.8 Å². The van der Waals surface area contributed by atoms with Crippen LogP contribution in [0.4, 0.5) is 0 Å². The highest BCUT2D eigenvalue weighted by atomic mass is 32.2. The van der Waals surface area contributed by atoms with Crippen molar-refractivity contribution >= 4 is 23.6 Å². The summed E-state index contributed by atoms with van der Waals surface area (Å²) in [6.45, 7) is 7.47. The largest absolute Gasteiger partial charge is 0.459 e. The van der Waals surface area contributed by atoms with Gasteiger partial charge in [-0.2, -0.15) is 11.8 Å². The molecule has 0 radical (unpaired) electrons. The van der Waals surface area contributed by atoms with E-state index in [0.717, 1.165) is 37.1 Å². The summed E-state index contributed by atoms with van der Waals surface area (Å²) in [5.74, 6) is 3.24. The molecular weight excluding hydrogens is 312 g/mol. The standard InChI is InChI=1S/C16H24N4O2S/c1-3-12-23-13-6-18-16(17-2)20-9-7-19(8-10-20)15(21)14-5-4-11-22-14/h3-5,11H,1,6-10,12-13H2,2H3,(H,17,18). The Balaban J connectivity index is 1.76. The van der Waals surface area contributed by atoms with Gasteiger partial charge in [0.1, 0.15) is 0 Å². The molecule has 0 bridgehead atoms. The second-order valence-electron chi connectivity index (χ2n) is 5.09. The Hall–Kier alpha value is -1.89. The van der Waals surface area contributed by atoms with Gasteiger partial charge in [0.25, 0.3) is 5.91 Å². The monoisotopic (exact) mass is 336 g/mol. The molecule has 1 saturated heterocycles. The topological polar surface area (TPSA) is 61.1 Å². The molecule has 0 aliphatic carbocycles. The fourth-order valence-corrected chi connectivity index (χ4v) is 2.99. The highest BCUT2D eigenvalue weighted by molar-refractivity contribution is 7.99. The van der Waals surface area contributed by atoms with Crippen LogP contribution in [0, 0.1) is 0 Å². The predicted octanol–water partition coefficient (Wildman–Crippen LogP) is 1.53. The van der Waals surface area contributed by atoms with Gasteiger partial charge in [0.15, 0.2) is 11.7 Å². The van der Waals surface area contributed by atoms with Gasteiger partial charge in [-0.05, 0) is 12.1 Å². The Bertz CT molecular complexity index is 522. The second-order valence-corrected chi connectivity index (χ2v) is 6.24. The molecule has 0 saturated carbocycles. The van der Waals surface area contributed by atoms with Crippen molar-refractivity contribution in [2.75, 3.05) is 51.3 Å². The van der Waals surface area contributed by atoms with Gasteiger partial charge in [-0.3, -0.25) is 9.79 Å². The summed E-state index contributed by atoms with van der Waals surface area (Å²) in [6.07, 6.45) is 3.44. The number of piperazine rings is 1. The molecule has 6 nitrogen and oxygen atoms in total. The maximum absolute atomic E-state index is 12.2. The van der Waals surface area contributed by atoms with Gasteiger partial charge < -0.3 is 19.5 Å². The van der Waals surface area contributed by atoms with Gasteiger partial charge in [0.2, 0.25) is 0 Å². The van der Waals surface area contributed by atoms with Crippen LogP contribution in [-0.2, 0) is 0 Å². The average Bonchev–Trinajstić information content (AvgIpc) is 3.12. The average molecular weight is 336 g/mol. The van der Waals surface area contributed by atoms with Crippen molar-refractivity contribution in [3.63, 3.8) is 0 Å². The third kappa shape index (κ3) is 5.06. The zero-order chi connectivity index (χ0) is 16.5. The zero-order valence-electron chi connectivity index (χ0n) is 13.5. The maximum Gasteiger partial charge on any atom is 0.289 e. The van der Waals surface area contributed by atoms with Crippen molar-refractivity contribution in [3.05, 3.63) is 36.8 Å². The first-order valence-electron chi connectivity index (χ1n) is 7.73. The fraction of sp³-hybridized carbons (Fsp3) is 0.500. The molecule has 1 amide bonds. The predicted molar refractivity (Wildman–Crippen MR) is 95.1 cm³/mol. The quantitative estimate of drug-likeness (QED) is 0.369. The minimum absolute atomic E-state index is 0.0431.